The molecule has 0 saturated carbocycles. The molecule has 2 aromatic rings. The molecular weight excluding hydrogens is 176 g/mol. The first-order valence-electron chi connectivity index (χ1n) is 4.39. The van der Waals surface area contributed by atoms with Crippen LogP contribution in [0.25, 0.3) is 10.8 Å². The minimum atomic E-state index is 0.450. The lowest BCUT2D eigenvalue weighted by Gasteiger charge is -2.06. The first-order chi connectivity index (χ1) is 6.86. The lowest BCUT2D eigenvalue weighted by Crippen LogP contribution is -1.89. The van der Waals surface area contributed by atoms with E-state index < -0.39 is 0 Å². The van der Waals surface area contributed by atoms with E-state index in [1.165, 1.54) is 0 Å². The van der Waals surface area contributed by atoms with Gasteiger partial charge in [-0.1, -0.05) is 30.3 Å². The molecule has 3 heteroatoms. The molecule has 1 N–H and O–H groups in total. The van der Waals surface area contributed by atoms with E-state index in [1.807, 2.05) is 30.3 Å². The molecule has 0 heterocycles. The Balaban J connectivity index is 2.83. The fourth-order valence-electron chi connectivity index (χ4n) is 1.60. The standard InChI is InChI=1S/C11H10N2O/c1-12-11-9-5-3-2-4-8(9)6-7-10(11)13-14/h2-7,12H,1H3. The van der Waals surface area contributed by atoms with E-state index in [2.05, 4.69) is 10.5 Å². The molecule has 2 aromatic carbocycles. The monoisotopic (exact) mass is 186 g/mol. The second-order valence-electron chi connectivity index (χ2n) is 3.02. The maximum absolute atomic E-state index is 10.5. The third-order valence-corrected chi connectivity index (χ3v) is 2.26. The van der Waals surface area contributed by atoms with Crippen LogP contribution in [0.2, 0.25) is 0 Å². The van der Waals surface area contributed by atoms with Crippen molar-refractivity contribution in [2.24, 2.45) is 5.18 Å². The molecule has 0 atom stereocenters. The van der Waals surface area contributed by atoms with E-state index >= 15 is 0 Å². The summed E-state index contributed by atoms with van der Waals surface area (Å²) >= 11 is 0. The largest absolute Gasteiger partial charge is 0.386 e. The van der Waals surface area contributed by atoms with E-state index in [-0.39, 0.29) is 0 Å². The fraction of sp³-hybridized carbons (Fsp3) is 0.0909. The van der Waals surface area contributed by atoms with E-state index in [0.717, 1.165) is 16.5 Å². The number of nitrogens with zero attached hydrogens (tertiary/aromatic N) is 1. The highest BCUT2D eigenvalue weighted by atomic mass is 16.3. The van der Waals surface area contributed by atoms with Crippen molar-refractivity contribution in [3.63, 3.8) is 0 Å². The molecule has 0 aromatic heterocycles. The molecule has 0 fully saturated rings. The second-order valence-corrected chi connectivity index (χ2v) is 3.02. The third-order valence-electron chi connectivity index (χ3n) is 2.26. The van der Waals surface area contributed by atoms with Gasteiger partial charge in [-0.05, 0) is 16.6 Å². The normalized spacial score (nSPS) is 10.1. The first kappa shape index (κ1) is 8.69. The number of benzene rings is 2. The molecule has 0 radical (unpaired) electrons. The van der Waals surface area contributed by atoms with Gasteiger partial charge in [0.25, 0.3) is 0 Å². The number of rotatable bonds is 2. The molecule has 0 spiro atoms. The van der Waals surface area contributed by atoms with E-state index in [4.69, 9.17) is 0 Å². The van der Waals surface area contributed by atoms with Gasteiger partial charge in [0.1, 0.15) is 5.69 Å². The smallest absolute Gasteiger partial charge is 0.131 e. The van der Waals surface area contributed by atoms with Crippen molar-refractivity contribution in [1.29, 1.82) is 0 Å². The van der Waals surface area contributed by atoms with Gasteiger partial charge in [0, 0.05) is 12.4 Å². The summed E-state index contributed by atoms with van der Waals surface area (Å²) in [5, 5.41) is 8.10. The summed E-state index contributed by atoms with van der Waals surface area (Å²) in [6, 6.07) is 11.5. The maximum Gasteiger partial charge on any atom is 0.131 e. The highest BCUT2D eigenvalue weighted by Crippen LogP contribution is 2.32. The Morgan fingerprint density at radius 3 is 2.64 bits per heavy atom. The molecule has 70 valence electrons. The summed E-state index contributed by atoms with van der Waals surface area (Å²) in [5.74, 6) is 0. The van der Waals surface area contributed by atoms with Crippen LogP contribution in [0.3, 0.4) is 0 Å². The molecular formula is C11H10N2O. The summed E-state index contributed by atoms with van der Waals surface area (Å²) in [7, 11) is 1.79. The number of hydrogen-bond acceptors (Lipinski definition) is 3. The lowest BCUT2D eigenvalue weighted by molar-refractivity contribution is 1.46. The minimum absolute atomic E-state index is 0.450. The quantitative estimate of drug-likeness (QED) is 0.731. The molecule has 0 amide bonds. The van der Waals surface area contributed by atoms with Crippen LogP contribution in [0.5, 0.6) is 0 Å². The van der Waals surface area contributed by atoms with Crippen LogP contribution in [0.4, 0.5) is 11.4 Å². The number of fused-ring (bicyclic) bond motifs is 1. The van der Waals surface area contributed by atoms with Gasteiger partial charge >= 0.3 is 0 Å². The molecule has 0 aliphatic carbocycles. The Morgan fingerprint density at radius 1 is 1.14 bits per heavy atom. The molecule has 0 bridgehead atoms. The van der Waals surface area contributed by atoms with Crippen molar-refractivity contribution in [3.8, 4) is 0 Å². The van der Waals surface area contributed by atoms with Gasteiger partial charge in [0.15, 0.2) is 0 Å². The van der Waals surface area contributed by atoms with E-state index in [0.29, 0.717) is 5.69 Å². The zero-order valence-electron chi connectivity index (χ0n) is 7.82. The SMILES string of the molecule is CNc1c(N=O)ccc2ccccc12. The van der Waals surface area contributed by atoms with Crippen molar-refractivity contribution < 1.29 is 0 Å². The summed E-state index contributed by atoms with van der Waals surface area (Å²) in [6.07, 6.45) is 0. The average molecular weight is 186 g/mol. The highest BCUT2D eigenvalue weighted by molar-refractivity contribution is 5.99. The van der Waals surface area contributed by atoms with Crippen molar-refractivity contribution in [2.45, 2.75) is 0 Å². The van der Waals surface area contributed by atoms with Gasteiger partial charge in [0.2, 0.25) is 0 Å². The van der Waals surface area contributed by atoms with Gasteiger partial charge in [-0.3, -0.25) is 0 Å². The van der Waals surface area contributed by atoms with Crippen molar-refractivity contribution >= 4 is 22.1 Å². The summed E-state index contributed by atoms with van der Waals surface area (Å²) in [5.41, 5.74) is 1.24. The Morgan fingerprint density at radius 2 is 1.93 bits per heavy atom. The predicted molar refractivity (Wildman–Crippen MR) is 58.9 cm³/mol. The molecule has 0 saturated heterocycles. The average Bonchev–Trinajstić information content (AvgIpc) is 2.27. The first-order valence-corrected chi connectivity index (χ1v) is 4.39. The van der Waals surface area contributed by atoms with Crippen LogP contribution in [0.1, 0.15) is 0 Å². The van der Waals surface area contributed by atoms with Gasteiger partial charge in [-0.2, -0.15) is 0 Å². The van der Waals surface area contributed by atoms with E-state index in [1.54, 1.807) is 13.1 Å². The van der Waals surface area contributed by atoms with Crippen molar-refractivity contribution in [1.82, 2.24) is 0 Å². The topological polar surface area (TPSA) is 41.5 Å². The second kappa shape index (κ2) is 3.46. The fourth-order valence-corrected chi connectivity index (χ4v) is 1.60. The maximum atomic E-state index is 10.5. The Bertz CT molecular complexity index is 480. The molecule has 14 heavy (non-hydrogen) atoms. The summed E-state index contributed by atoms with van der Waals surface area (Å²) in [6.45, 7) is 0. The predicted octanol–water partition coefficient (Wildman–Crippen LogP) is 3.28. The number of hydrogen-bond donors (Lipinski definition) is 1. The summed E-state index contributed by atoms with van der Waals surface area (Å²) < 4.78 is 0. The van der Waals surface area contributed by atoms with Gasteiger partial charge in [-0.25, -0.2) is 0 Å². The summed E-state index contributed by atoms with van der Waals surface area (Å²) in [4.78, 5) is 10.5. The van der Waals surface area contributed by atoms with Gasteiger partial charge in [0.05, 0.1) is 5.69 Å². The molecule has 0 unspecified atom stereocenters. The van der Waals surface area contributed by atoms with Crippen LogP contribution in [0, 0.1) is 4.91 Å². The van der Waals surface area contributed by atoms with Crippen LogP contribution in [-0.2, 0) is 0 Å². The third kappa shape index (κ3) is 1.23. The molecule has 3 nitrogen and oxygen atoms in total. The number of nitrogens with one attached hydrogen (secondary N) is 1. The van der Waals surface area contributed by atoms with Crippen LogP contribution in [-0.4, -0.2) is 7.05 Å². The zero-order valence-corrected chi connectivity index (χ0v) is 7.82. The van der Waals surface area contributed by atoms with E-state index in [9.17, 15) is 4.91 Å². The van der Waals surface area contributed by atoms with Crippen LogP contribution in [0.15, 0.2) is 41.6 Å². The lowest BCUT2D eigenvalue weighted by atomic mass is 10.1. The van der Waals surface area contributed by atoms with Crippen LogP contribution < -0.4 is 5.32 Å². The molecule has 0 aliphatic heterocycles. The van der Waals surface area contributed by atoms with Gasteiger partial charge < -0.3 is 5.32 Å². The Kier molecular flexibility index (Phi) is 2.14. The van der Waals surface area contributed by atoms with Crippen molar-refractivity contribution in [2.75, 3.05) is 12.4 Å². The van der Waals surface area contributed by atoms with Gasteiger partial charge in [-0.15, -0.1) is 4.91 Å². The Labute approximate surface area is 81.7 Å². The number of nitroso groups, excluding NO2 is 1. The number of anilines is 1. The molecule has 0 aliphatic rings. The van der Waals surface area contributed by atoms with Crippen molar-refractivity contribution in [3.05, 3.63) is 41.3 Å². The zero-order chi connectivity index (χ0) is 9.97. The molecule has 2 rings (SSSR count). The minimum Gasteiger partial charge on any atom is -0.386 e. The van der Waals surface area contributed by atoms with Crippen LogP contribution >= 0.6 is 0 Å². The highest BCUT2D eigenvalue weighted by Gasteiger charge is 2.05. The Hall–Kier alpha value is -1.90.